The van der Waals surface area contributed by atoms with Crippen LogP contribution in [0.1, 0.15) is 31.7 Å². The number of alkyl halides is 3. The molecule has 12 heteroatoms. The van der Waals surface area contributed by atoms with Crippen molar-refractivity contribution in [2.24, 2.45) is 0 Å². The van der Waals surface area contributed by atoms with Gasteiger partial charge in [-0.05, 0) is 30.9 Å². The molecule has 0 amide bonds. The number of carboxylic acid groups (broad SMARTS) is 1. The number of ether oxygens (including phenoxy) is 1. The number of sulfonamides is 1. The van der Waals surface area contributed by atoms with Crippen molar-refractivity contribution < 1.29 is 36.2 Å². The monoisotopic (exact) mass is 467 g/mol. The van der Waals surface area contributed by atoms with Gasteiger partial charge in [-0.1, -0.05) is 13.0 Å². The largest absolute Gasteiger partial charge is 0.490 e. The summed E-state index contributed by atoms with van der Waals surface area (Å²) < 4.78 is 64.0. The zero-order valence-electron chi connectivity index (χ0n) is 17.3. The van der Waals surface area contributed by atoms with Gasteiger partial charge in [-0.3, -0.25) is 9.88 Å². The van der Waals surface area contributed by atoms with E-state index in [-0.39, 0.29) is 11.4 Å². The van der Waals surface area contributed by atoms with Crippen LogP contribution in [0.25, 0.3) is 0 Å². The maximum atomic E-state index is 12.2. The first kappa shape index (κ1) is 25.5. The molecule has 3 rings (SSSR count). The molecular weight excluding hydrogens is 439 g/mol. The zero-order valence-corrected chi connectivity index (χ0v) is 18.2. The van der Waals surface area contributed by atoms with E-state index in [1.165, 1.54) is 5.56 Å². The van der Waals surface area contributed by atoms with Gasteiger partial charge in [0.05, 0.1) is 18.0 Å². The Balaban J connectivity index is 0.000000423. The molecule has 0 radical (unpaired) electrons. The first-order valence-corrected chi connectivity index (χ1v) is 11.6. The van der Waals surface area contributed by atoms with Gasteiger partial charge in [-0.15, -0.1) is 0 Å². The quantitative estimate of drug-likeness (QED) is 0.708. The lowest BCUT2D eigenvalue weighted by molar-refractivity contribution is -0.192. The Morgan fingerprint density at radius 2 is 1.94 bits per heavy atom. The predicted octanol–water partition coefficient (Wildman–Crippen LogP) is 2.12. The van der Waals surface area contributed by atoms with Crippen molar-refractivity contribution in [3.8, 4) is 0 Å². The summed E-state index contributed by atoms with van der Waals surface area (Å²) in [6.07, 6.45) is 0.831. The van der Waals surface area contributed by atoms with E-state index in [4.69, 9.17) is 14.6 Å². The summed E-state index contributed by atoms with van der Waals surface area (Å²) in [5.74, 6) is -2.51. The van der Waals surface area contributed by atoms with Gasteiger partial charge in [0.1, 0.15) is 0 Å². The first-order chi connectivity index (χ1) is 14.5. The molecule has 2 saturated heterocycles. The summed E-state index contributed by atoms with van der Waals surface area (Å²) in [5.41, 5.74) is 1.01. The standard InChI is InChI=1S/C17H27N3O3S.C2HF3O2/c1-2-12-24(21,22)20-8-5-17(6-9-20)15-19(10-11-23-17)14-16-4-3-7-18-13-16;3-2(4,5)1(6)7/h3-4,7,13H,2,5-6,8-12,14-15H2,1H3;(H,6,7). The molecule has 8 nitrogen and oxygen atoms in total. The van der Waals surface area contributed by atoms with Gasteiger partial charge in [-0.25, -0.2) is 17.5 Å². The normalized spacial score (nSPS) is 20.1. The average Bonchev–Trinajstić information content (AvgIpc) is 2.69. The summed E-state index contributed by atoms with van der Waals surface area (Å²) in [6.45, 7) is 6.41. The topological polar surface area (TPSA) is 100 Å². The third-order valence-electron chi connectivity index (χ3n) is 5.19. The second-order valence-corrected chi connectivity index (χ2v) is 9.71. The van der Waals surface area contributed by atoms with Crippen molar-refractivity contribution in [1.29, 1.82) is 0 Å². The molecule has 1 spiro atoms. The van der Waals surface area contributed by atoms with E-state index in [0.29, 0.717) is 26.1 Å². The van der Waals surface area contributed by atoms with Gasteiger partial charge in [0.15, 0.2) is 0 Å². The minimum absolute atomic E-state index is 0.196. The second-order valence-electron chi connectivity index (χ2n) is 7.62. The van der Waals surface area contributed by atoms with Gasteiger partial charge in [0.2, 0.25) is 10.0 Å². The number of piperidine rings is 1. The van der Waals surface area contributed by atoms with Crippen LogP contribution in [0.15, 0.2) is 24.5 Å². The van der Waals surface area contributed by atoms with Crippen LogP contribution in [0.4, 0.5) is 13.2 Å². The highest BCUT2D eigenvalue weighted by Gasteiger charge is 2.42. The van der Waals surface area contributed by atoms with Crippen LogP contribution in [0.2, 0.25) is 0 Å². The van der Waals surface area contributed by atoms with E-state index in [2.05, 4.69) is 16.0 Å². The van der Waals surface area contributed by atoms with Crippen LogP contribution in [-0.4, -0.2) is 84.0 Å². The molecular formula is C19H28F3N3O5S. The molecule has 2 aliphatic rings. The lowest BCUT2D eigenvalue weighted by Gasteiger charge is -2.47. The number of hydrogen-bond acceptors (Lipinski definition) is 6. The number of halogens is 3. The van der Waals surface area contributed by atoms with E-state index < -0.39 is 22.2 Å². The predicted molar refractivity (Wildman–Crippen MR) is 107 cm³/mol. The molecule has 1 N–H and O–H groups in total. The average molecular weight is 468 g/mol. The van der Waals surface area contributed by atoms with Crippen LogP contribution in [0, 0.1) is 0 Å². The molecule has 1 aromatic rings. The molecule has 0 aromatic carbocycles. The third-order valence-corrected chi connectivity index (χ3v) is 7.26. The highest BCUT2D eigenvalue weighted by molar-refractivity contribution is 7.89. The fourth-order valence-electron chi connectivity index (χ4n) is 3.67. The van der Waals surface area contributed by atoms with Crippen molar-refractivity contribution in [2.75, 3.05) is 38.5 Å². The van der Waals surface area contributed by atoms with E-state index in [1.54, 1.807) is 10.5 Å². The molecule has 176 valence electrons. The van der Waals surface area contributed by atoms with Crippen molar-refractivity contribution in [1.82, 2.24) is 14.2 Å². The number of carboxylic acids is 1. The molecule has 0 atom stereocenters. The SMILES string of the molecule is CCCS(=O)(=O)N1CCC2(CC1)CN(Cc1cccnc1)CCO2.O=C(O)C(F)(F)F. The smallest absolute Gasteiger partial charge is 0.475 e. The molecule has 0 bridgehead atoms. The number of morpholine rings is 1. The summed E-state index contributed by atoms with van der Waals surface area (Å²) in [6, 6.07) is 4.05. The molecule has 2 fully saturated rings. The second kappa shape index (κ2) is 10.7. The number of aromatic nitrogens is 1. The molecule has 3 heterocycles. The molecule has 31 heavy (non-hydrogen) atoms. The van der Waals surface area contributed by atoms with E-state index in [1.807, 2.05) is 19.2 Å². The van der Waals surface area contributed by atoms with Gasteiger partial charge in [0, 0.05) is 45.1 Å². The van der Waals surface area contributed by atoms with E-state index >= 15 is 0 Å². The van der Waals surface area contributed by atoms with Crippen molar-refractivity contribution >= 4 is 16.0 Å². The van der Waals surface area contributed by atoms with Crippen molar-refractivity contribution in [3.05, 3.63) is 30.1 Å². The summed E-state index contributed by atoms with van der Waals surface area (Å²) >= 11 is 0. The molecule has 0 saturated carbocycles. The van der Waals surface area contributed by atoms with Crippen molar-refractivity contribution in [2.45, 2.75) is 44.5 Å². The van der Waals surface area contributed by atoms with Crippen LogP contribution < -0.4 is 0 Å². The van der Waals surface area contributed by atoms with Gasteiger partial charge >= 0.3 is 12.1 Å². The lowest BCUT2D eigenvalue weighted by Crippen LogP contribution is -2.57. The highest BCUT2D eigenvalue weighted by atomic mass is 32.2. The van der Waals surface area contributed by atoms with Crippen molar-refractivity contribution in [3.63, 3.8) is 0 Å². The maximum absolute atomic E-state index is 12.2. The number of rotatable bonds is 5. The Labute approximate surface area is 180 Å². The fraction of sp³-hybridized carbons (Fsp3) is 0.684. The minimum atomic E-state index is -5.08. The molecule has 0 aliphatic carbocycles. The molecule has 1 aromatic heterocycles. The fourth-order valence-corrected chi connectivity index (χ4v) is 5.18. The third kappa shape index (κ3) is 7.70. The van der Waals surface area contributed by atoms with Gasteiger partial charge in [-0.2, -0.15) is 13.2 Å². The minimum Gasteiger partial charge on any atom is -0.475 e. The first-order valence-electron chi connectivity index (χ1n) is 10.0. The van der Waals surface area contributed by atoms with Gasteiger partial charge < -0.3 is 9.84 Å². The number of hydrogen-bond donors (Lipinski definition) is 1. The Bertz CT molecular complexity index is 813. The Hall–Kier alpha value is -1.76. The summed E-state index contributed by atoms with van der Waals surface area (Å²) in [4.78, 5) is 15.5. The van der Waals surface area contributed by atoms with E-state index in [9.17, 15) is 21.6 Å². The Morgan fingerprint density at radius 3 is 2.45 bits per heavy atom. The number of nitrogens with zero attached hydrogens (tertiary/aromatic N) is 3. The highest BCUT2D eigenvalue weighted by Crippen LogP contribution is 2.31. The molecule has 2 aliphatic heterocycles. The summed E-state index contributed by atoms with van der Waals surface area (Å²) in [7, 11) is -3.09. The zero-order chi connectivity index (χ0) is 23.1. The lowest BCUT2D eigenvalue weighted by atomic mass is 9.90. The van der Waals surface area contributed by atoms with Gasteiger partial charge in [0.25, 0.3) is 0 Å². The number of pyridine rings is 1. The number of aliphatic carboxylic acids is 1. The molecule has 0 unspecified atom stereocenters. The summed E-state index contributed by atoms with van der Waals surface area (Å²) in [5, 5.41) is 7.12. The Morgan fingerprint density at radius 1 is 1.29 bits per heavy atom. The maximum Gasteiger partial charge on any atom is 0.490 e. The van der Waals surface area contributed by atoms with Crippen LogP contribution in [0.3, 0.4) is 0 Å². The van der Waals surface area contributed by atoms with Crippen LogP contribution >= 0.6 is 0 Å². The van der Waals surface area contributed by atoms with Crippen LogP contribution in [-0.2, 0) is 26.1 Å². The Kier molecular flexibility index (Phi) is 8.81. The van der Waals surface area contributed by atoms with Crippen LogP contribution in [0.5, 0.6) is 0 Å². The number of carbonyl (C=O) groups is 1. The van der Waals surface area contributed by atoms with E-state index in [0.717, 1.165) is 32.5 Å².